The maximum Gasteiger partial charge on any atom is 0.416 e. The summed E-state index contributed by atoms with van der Waals surface area (Å²) >= 11 is 0. The Morgan fingerprint density at radius 3 is 2.31 bits per heavy atom. The fourth-order valence-corrected chi connectivity index (χ4v) is 2.65. The van der Waals surface area contributed by atoms with E-state index in [1.54, 1.807) is 36.4 Å². The third kappa shape index (κ3) is 4.47. The summed E-state index contributed by atoms with van der Waals surface area (Å²) in [6, 6.07) is 15.7. The predicted octanol–water partition coefficient (Wildman–Crippen LogP) is 5.02. The number of phenolic OH excluding ortho intramolecular Hbond substituents is 1. The zero-order valence-electron chi connectivity index (χ0n) is 14.8. The number of halogens is 3. The molecule has 0 heterocycles. The van der Waals surface area contributed by atoms with E-state index in [1.165, 1.54) is 18.2 Å². The molecule has 5 nitrogen and oxygen atoms in total. The number of carbonyl (C=O) groups excluding carboxylic acids is 1. The van der Waals surface area contributed by atoms with Crippen LogP contribution in [0.25, 0.3) is 10.8 Å². The van der Waals surface area contributed by atoms with Gasteiger partial charge in [-0.05, 0) is 36.4 Å². The molecule has 0 aliphatic rings. The Labute approximate surface area is 163 Å². The normalized spacial score (nSPS) is 11.7. The number of phenols is 1. The Morgan fingerprint density at radius 1 is 1.00 bits per heavy atom. The quantitative estimate of drug-likeness (QED) is 0.426. The molecule has 3 rings (SSSR count). The lowest BCUT2D eigenvalue weighted by Crippen LogP contribution is -2.14. The largest absolute Gasteiger partial charge is 0.507 e. The Morgan fingerprint density at radius 2 is 1.66 bits per heavy atom. The molecule has 0 spiro atoms. The van der Waals surface area contributed by atoms with Gasteiger partial charge in [-0.3, -0.25) is 4.79 Å². The van der Waals surface area contributed by atoms with Crippen molar-refractivity contribution in [1.82, 2.24) is 0 Å². The first-order valence-electron chi connectivity index (χ1n) is 8.36. The van der Waals surface area contributed by atoms with E-state index in [-0.39, 0.29) is 17.0 Å². The molecule has 146 valence electrons. The number of nitrogens with one attached hydrogen (secondary N) is 2. The first kappa shape index (κ1) is 19.8. The highest BCUT2D eigenvalue weighted by atomic mass is 19.4. The van der Waals surface area contributed by atoms with E-state index in [0.29, 0.717) is 16.5 Å². The topological polar surface area (TPSA) is 85.2 Å². The van der Waals surface area contributed by atoms with Gasteiger partial charge in [-0.25, -0.2) is 0 Å². The number of rotatable bonds is 4. The summed E-state index contributed by atoms with van der Waals surface area (Å²) in [5, 5.41) is 25.5. The van der Waals surface area contributed by atoms with Crippen molar-refractivity contribution in [3.63, 3.8) is 0 Å². The van der Waals surface area contributed by atoms with Crippen molar-refractivity contribution in [2.24, 2.45) is 0 Å². The molecule has 3 aromatic carbocycles. The van der Waals surface area contributed by atoms with Crippen molar-refractivity contribution in [2.75, 3.05) is 10.6 Å². The zero-order valence-corrected chi connectivity index (χ0v) is 14.8. The molecule has 0 saturated heterocycles. The molecule has 0 atom stereocenters. The molecule has 0 unspecified atom stereocenters. The Bertz CT molecular complexity index is 1130. The third-order valence-corrected chi connectivity index (χ3v) is 4.11. The molecule has 3 N–H and O–H groups in total. The Kier molecular flexibility index (Phi) is 5.41. The van der Waals surface area contributed by atoms with Crippen LogP contribution in [0.4, 0.5) is 24.5 Å². The number of amides is 1. The number of anilines is 2. The van der Waals surface area contributed by atoms with Crippen LogP contribution in [-0.4, -0.2) is 11.0 Å². The SMILES string of the molecule is N#C/C(=C/Nc1ccc(C(F)(F)F)cc1)C(=O)Nc1cccc2c(O)cccc12. The van der Waals surface area contributed by atoms with Crippen LogP contribution in [0.2, 0.25) is 0 Å². The molecular weight excluding hydrogens is 383 g/mol. The Hall–Kier alpha value is -3.99. The van der Waals surface area contributed by atoms with Gasteiger partial charge in [-0.2, -0.15) is 18.4 Å². The number of benzene rings is 3. The number of hydrogen-bond acceptors (Lipinski definition) is 4. The molecule has 3 aromatic rings. The molecule has 0 aliphatic carbocycles. The predicted molar refractivity (Wildman–Crippen MR) is 103 cm³/mol. The number of hydrogen-bond donors (Lipinski definition) is 3. The van der Waals surface area contributed by atoms with Crippen molar-refractivity contribution >= 4 is 28.1 Å². The number of carbonyl (C=O) groups is 1. The minimum Gasteiger partial charge on any atom is -0.507 e. The molecule has 0 bridgehead atoms. The summed E-state index contributed by atoms with van der Waals surface area (Å²) in [4.78, 5) is 12.4. The lowest BCUT2D eigenvalue weighted by atomic mass is 10.1. The lowest BCUT2D eigenvalue weighted by molar-refractivity contribution is -0.137. The van der Waals surface area contributed by atoms with Crippen molar-refractivity contribution in [3.8, 4) is 11.8 Å². The van der Waals surface area contributed by atoms with E-state index in [1.807, 2.05) is 0 Å². The average Bonchev–Trinajstić information content (AvgIpc) is 2.69. The second kappa shape index (κ2) is 7.94. The highest BCUT2D eigenvalue weighted by molar-refractivity contribution is 6.11. The van der Waals surface area contributed by atoms with Crippen molar-refractivity contribution in [1.29, 1.82) is 5.26 Å². The van der Waals surface area contributed by atoms with Crippen LogP contribution in [0.1, 0.15) is 5.56 Å². The first-order chi connectivity index (χ1) is 13.8. The molecule has 1 amide bonds. The fourth-order valence-electron chi connectivity index (χ4n) is 2.65. The monoisotopic (exact) mass is 397 g/mol. The number of fused-ring (bicyclic) bond motifs is 1. The third-order valence-electron chi connectivity index (χ3n) is 4.11. The summed E-state index contributed by atoms with van der Waals surface area (Å²) < 4.78 is 37.8. The van der Waals surface area contributed by atoms with Gasteiger partial charge in [-0.1, -0.05) is 24.3 Å². The molecule has 8 heteroatoms. The lowest BCUT2D eigenvalue weighted by Gasteiger charge is -2.10. The van der Waals surface area contributed by atoms with Gasteiger partial charge >= 0.3 is 6.18 Å². The van der Waals surface area contributed by atoms with Crippen LogP contribution in [0.15, 0.2) is 72.4 Å². The average molecular weight is 397 g/mol. The Balaban J connectivity index is 1.78. The van der Waals surface area contributed by atoms with Crippen LogP contribution < -0.4 is 10.6 Å². The van der Waals surface area contributed by atoms with Crippen molar-refractivity contribution in [2.45, 2.75) is 6.18 Å². The molecule has 0 saturated carbocycles. The number of alkyl halides is 3. The van der Waals surface area contributed by atoms with Crippen LogP contribution in [0.3, 0.4) is 0 Å². The minimum absolute atomic E-state index is 0.0543. The number of aromatic hydroxyl groups is 1. The van der Waals surface area contributed by atoms with Gasteiger partial charge in [0.25, 0.3) is 5.91 Å². The van der Waals surface area contributed by atoms with Gasteiger partial charge in [0.15, 0.2) is 0 Å². The highest BCUT2D eigenvalue weighted by Crippen LogP contribution is 2.31. The van der Waals surface area contributed by atoms with Gasteiger partial charge in [0, 0.05) is 28.3 Å². The van der Waals surface area contributed by atoms with E-state index in [4.69, 9.17) is 0 Å². The van der Waals surface area contributed by atoms with Crippen molar-refractivity contribution < 1.29 is 23.1 Å². The van der Waals surface area contributed by atoms with E-state index < -0.39 is 17.6 Å². The van der Waals surface area contributed by atoms with E-state index in [0.717, 1.165) is 18.3 Å². The van der Waals surface area contributed by atoms with E-state index >= 15 is 0 Å². The summed E-state index contributed by atoms with van der Waals surface area (Å²) in [6.07, 6.45) is -3.33. The molecule has 29 heavy (non-hydrogen) atoms. The van der Waals surface area contributed by atoms with E-state index in [2.05, 4.69) is 10.6 Å². The summed E-state index contributed by atoms with van der Waals surface area (Å²) in [7, 11) is 0. The van der Waals surface area contributed by atoms with Crippen LogP contribution >= 0.6 is 0 Å². The smallest absolute Gasteiger partial charge is 0.416 e. The molecule has 0 aliphatic heterocycles. The van der Waals surface area contributed by atoms with Gasteiger partial charge in [0.1, 0.15) is 17.4 Å². The number of nitriles is 1. The standard InChI is InChI=1S/C21H14F3N3O2/c22-21(23,24)14-7-9-15(10-8-14)26-12-13(11-25)20(29)27-18-5-1-4-17-16(18)3-2-6-19(17)28/h1-10,12,26,28H,(H,27,29)/b13-12-. The van der Waals surface area contributed by atoms with Crippen LogP contribution in [-0.2, 0) is 11.0 Å². The van der Waals surface area contributed by atoms with Crippen molar-refractivity contribution in [3.05, 3.63) is 78.0 Å². The van der Waals surface area contributed by atoms with Crippen LogP contribution in [0.5, 0.6) is 5.75 Å². The molecule has 0 aromatic heterocycles. The highest BCUT2D eigenvalue weighted by Gasteiger charge is 2.29. The molecular formula is C21H14F3N3O2. The van der Waals surface area contributed by atoms with Gasteiger partial charge in [-0.15, -0.1) is 0 Å². The maximum absolute atomic E-state index is 12.6. The second-order valence-electron chi connectivity index (χ2n) is 6.02. The van der Waals surface area contributed by atoms with Crippen LogP contribution in [0, 0.1) is 11.3 Å². The van der Waals surface area contributed by atoms with Gasteiger partial charge < -0.3 is 15.7 Å². The summed E-state index contributed by atoms with van der Waals surface area (Å²) in [5.74, 6) is -0.652. The molecule has 0 fully saturated rings. The fraction of sp³-hybridized carbons (Fsp3) is 0.0476. The summed E-state index contributed by atoms with van der Waals surface area (Å²) in [5.41, 5.74) is -0.390. The second-order valence-corrected chi connectivity index (χ2v) is 6.02. The number of nitrogens with zero attached hydrogens (tertiary/aromatic N) is 1. The molecule has 0 radical (unpaired) electrons. The zero-order chi connectivity index (χ0) is 21.0. The first-order valence-corrected chi connectivity index (χ1v) is 8.36. The summed E-state index contributed by atoms with van der Waals surface area (Å²) in [6.45, 7) is 0. The van der Waals surface area contributed by atoms with Gasteiger partial charge in [0.2, 0.25) is 0 Å². The minimum atomic E-state index is -4.45. The van der Waals surface area contributed by atoms with Gasteiger partial charge in [0.05, 0.1) is 5.56 Å². The van der Waals surface area contributed by atoms with E-state index in [9.17, 15) is 28.3 Å². The maximum atomic E-state index is 12.6.